The van der Waals surface area contributed by atoms with Gasteiger partial charge in [0, 0.05) is 5.56 Å². The molecule has 0 saturated carbocycles. The smallest absolute Gasteiger partial charge is 0.304 e. The van der Waals surface area contributed by atoms with Crippen LogP contribution in [-0.4, -0.2) is 26.2 Å². The van der Waals surface area contributed by atoms with Crippen LogP contribution >= 0.6 is 0 Å². The van der Waals surface area contributed by atoms with Crippen molar-refractivity contribution in [3.63, 3.8) is 0 Å². The van der Waals surface area contributed by atoms with Crippen molar-refractivity contribution >= 4 is 6.29 Å². The average Bonchev–Trinajstić information content (AvgIpc) is 2.29. The fourth-order valence-corrected chi connectivity index (χ4v) is 1.03. The van der Waals surface area contributed by atoms with Crippen molar-refractivity contribution in [2.45, 2.75) is 12.8 Å². The Hall–Kier alpha value is -1.72. The highest BCUT2D eigenvalue weighted by molar-refractivity contribution is 5.76. The second kappa shape index (κ2) is 5.39. The maximum absolute atomic E-state index is 12.6. The Morgan fingerprint density at radius 1 is 1.25 bits per heavy atom. The molecule has 0 aliphatic carbocycles. The predicted octanol–water partition coefficient (Wildman–Crippen LogP) is 2.45. The fraction of sp³-hybridized carbons (Fsp3) is 0.300. The lowest BCUT2D eigenvalue weighted by Crippen LogP contribution is -2.19. The molecule has 88 valence electrons. The third kappa shape index (κ3) is 2.88. The van der Waals surface area contributed by atoms with E-state index in [0.717, 1.165) is 0 Å². The minimum atomic E-state index is -3.24. The standard InChI is InChI=1S/C10H9F3O3/c1-15-8-4-6(5-14)2-3-7(8)16-10(13)9(11)12/h2-5,9-10H,1H3. The van der Waals surface area contributed by atoms with E-state index in [1.54, 1.807) is 0 Å². The van der Waals surface area contributed by atoms with E-state index in [9.17, 15) is 18.0 Å². The van der Waals surface area contributed by atoms with Gasteiger partial charge in [0.25, 0.3) is 6.36 Å². The Kier molecular flexibility index (Phi) is 4.16. The highest BCUT2D eigenvalue weighted by Crippen LogP contribution is 2.29. The van der Waals surface area contributed by atoms with Crippen LogP contribution in [0.4, 0.5) is 13.2 Å². The lowest BCUT2D eigenvalue weighted by atomic mass is 10.2. The number of carbonyl (C=O) groups excluding carboxylic acids is 1. The van der Waals surface area contributed by atoms with Crippen molar-refractivity contribution in [2.24, 2.45) is 0 Å². The third-order valence-electron chi connectivity index (χ3n) is 1.76. The van der Waals surface area contributed by atoms with Gasteiger partial charge in [-0.1, -0.05) is 0 Å². The van der Waals surface area contributed by atoms with Gasteiger partial charge < -0.3 is 9.47 Å². The van der Waals surface area contributed by atoms with E-state index in [-0.39, 0.29) is 17.1 Å². The monoisotopic (exact) mass is 234 g/mol. The van der Waals surface area contributed by atoms with E-state index < -0.39 is 12.8 Å². The first kappa shape index (κ1) is 12.4. The van der Waals surface area contributed by atoms with E-state index in [0.29, 0.717) is 6.29 Å². The zero-order valence-corrected chi connectivity index (χ0v) is 8.32. The minimum Gasteiger partial charge on any atom is -0.493 e. The Morgan fingerprint density at radius 2 is 1.94 bits per heavy atom. The molecule has 0 amide bonds. The minimum absolute atomic E-state index is 0.0212. The predicted molar refractivity (Wildman–Crippen MR) is 49.9 cm³/mol. The number of carbonyl (C=O) groups is 1. The molecule has 0 radical (unpaired) electrons. The molecule has 1 aromatic carbocycles. The lowest BCUT2D eigenvalue weighted by Gasteiger charge is -2.13. The maximum Gasteiger partial charge on any atom is 0.304 e. The number of halogens is 3. The van der Waals surface area contributed by atoms with Gasteiger partial charge in [-0.15, -0.1) is 0 Å². The first-order chi connectivity index (χ1) is 7.58. The Morgan fingerprint density at radius 3 is 2.44 bits per heavy atom. The van der Waals surface area contributed by atoms with Gasteiger partial charge in [0.15, 0.2) is 11.5 Å². The van der Waals surface area contributed by atoms with Crippen LogP contribution in [-0.2, 0) is 0 Å². The van der Waals surface area contributed by atoms with Crippen LogP contribution in [0.25, 0.3) is 0 Å². The van der Waals surface area contributed by atoms with Gasteiger partial charge in [0.05, 0.1) is 7.11 Å². The maximum atomic E-state index is 12.6. The number of aldehydes is 1. The molecule has 6 heteroatoms. The quantitative estimate of drug-likeness (QED) is 0.734. The molecule has 16 heavy (non-hydrogen) atoms. The summed E-state index contributed by atoms with van der Waals surface area (Å²) in [5, 5.41) is 0. The summed E-state index contributed by atoms with van der Waals surface area (Å²) in [6.45, 7) is 0. The molecule has 0 fully saturated rings. The van der Waals surface area contributed by atoms with Crippen molar-refractivity contribution in [1.82, 2.24) is 0 Å². The number of hydrogen-bond acceptors (Lipinski definition) is 3. The number of rotatable bonds is 5. The largest absolute Gasteiger partial charge is 0.493 e. The highest BCUT2D eigenvalue weighted by Gasteiger charge is 2.22. The van der Waals surface area contributed by atoms with E-state index in [4.69, 9.17) is 4.74 Å². The number of benzene rings is 1. The molecule has 0 saturated heterocycles. The van der Waals surface area contributed by atoms with Gasteiger partial charge in [-0.25, -0.2) is 8.78 Å². The van der Waals surface area contributed by atoms with Crippen molar-refractivity contribution in [3.8, 4) is 11.5 Å². The van der Waals surface area contributed by atoms with Gasteiger partial charge in [0.1, 0.15) is 6.29 Å². The molecule has 1 unspecified atom stereocenters. The molecular formula is C10H9F3O3. The lowest BCUT2D eigenvalue weighted by molar-refractivity contribution is -0.0677. The van der Waals surface area contributed by atoms with Crippen LogP contribution in [0.2, 0.25) is 0 Å². The Labute approximate surface area is 89.8 Å². The summed E-state index contributed by atoms with van der Waals surface area (Å²) in [7, 11) is 1.26. The van der Waals surface area contributed by atoms with Gasteiger partial charge in [-0.2, -0.15) is 4.39 Å². The molecule has 1 atom stereocenters. The average molecular weight is 234 g/mol. The van der Waals surface area contributed by atoms with Crippen LogP contribution in [0.1, 0.15) is 10.4 Å². The molecule has 1 rings (SSSR count). The fourth-order valence-electron chi connectivity index (χ4n) is 1.03. The first-order valence-corrected chi connectivity index (χ1v) is 4.30. The molecule has 0 aliphatic heterocycles. The van der Waals surface area contributed by atoms with Gasteiger partial charge >= 0.3 is 6.43 Å². The number of ether oxygens (including phenoxy) is 2. The zero-order valence-electron chi connectivity index (χ0n) is 8.32. The second-order valence-corrected chi connectivity index (χ2v) is 2.83. The Balaban J connectivity index is 2.91. The Bertz CT molecular complexity index is 368. The van der Waals surface area contributed by atoms with Crippen LogP contribution in [0, 0.1) is 0 Å². The summed E-state index contributed by atoms with van der Waals surface area (Å²) in [4.78, 5) is 10.4. The molecule has 0 N–H and O–H groups in total. The van der Waals surface area contributed by atoms with Crippen molar-refractivity contribution < 1.29 is 27.4 Å². The molecule has 0 aliphatic rings. The first-order valence-electron chi connectivity index (χ1n) is 4.30. The summed E-state index contributed by atoms with van der Waals surface area (Å²) in [5.74, 6) is -0.159. The number of alkyl halides is 3. The molecule has 0 heterocycles. The van der Waals surface area contributed by atoms with Gasteiger partial charge in [-0.05, 0) is 18.2 Å². The van der Waals surface area contributed by atoms with Crippen LogP contribution < -0.4 is 9.47 Å². The number of hydrogen-bond donors (Lipinski definition) is 0. The molecular weight excluding hydrogens is 225 g/mol. The van der Waals surface area contributed by atoms with E-state index in [2.05, 4.69) is 4.74 Å². The van der Waals surface area contributed by atoms with Crippen molar-refractivity contribution in [3.05, 3.63) is 23.8 Å². The zero-order chi connectivity index (χ0) is 12.1. The molecule has 0 bridgehead atoms. The summed E-state index contributed by atoms with van der Waals surface area (Å²) >= 11 is 0. The second-order valence-electron chi connectivity index (χ2n) is 2.83. The van der Waals surface area contributed by atoms with Crippen LogP contribution in [0.3, 0.4) is 0 Å². The molecule has 1 aromatic rings. The summed E-state index contributed by atoms with van der Waals surface area (Å²) in [5.41, 5.74) is 0.275. The third-order valence-corrected chi connectivity index (χ3v) is 1.76. The molecule has 3 nitrogen and oxygen atoms in total. The van der Waals surface area contributed by atoms with Crippen molar-refractivity contribution in [1.29, 1.82) is 0 Å². The summed E-state index contributed by atoms with van der Waals surface area (Å²) in [6.07, 6.45) is -5.42. The van der Waals surface area contributed by atoms with E-state index >= 15 is 0 Å². The summed E-state index contributed by atoms with van der Waals surface area (Å²) in [6, 6.07) is 3.76. The van der Waals surface area contributed by atoms with Crippen LogP contribution in [0.5, 0.6) is 11.5 Å². The molecule has 0 spiro atoms. The summed E-state index contributed by atoms with van der Waals surface area (Å²) < 4.78 is 45.5. The SMILES string of the molecule is COc1cc(C=O)ccc1OC(F)C(F)F. The topological polar surface area (TPSA) is 35.5 Å². The van der Waals surface area contributed by atoms with Crippen LogP contribution in [0.15, 0.2) is 18.2 Å². The van der Waals surface area contributed by atoms with E-state index in [1.807, 2.05) is 0 Å². The van der Waals surface area contributed by atoms with E-state index in [1.165, 1.54) is 25.3 Å². The van der Waals surface area contributed by atoms with Gasteiger partial charge in [-0.3, -0.25) is 4.79 Å². The van der Waals surface area contributed by atoms with Gasteiger partial charge in [0.2, 0.25) is 0 Å². The van der Waals surface area contributed by atoms with Crippen molar-refractivity contribution in [2.75, 3.05) is 7.11 Å². The number of methoxy groups -OCH3 is 1. The molecule has 0 aromatic heterocycles. The normalized spacial score (nSPS) is 12.3. The highest BCUT2D eigenvalue weighted by atomic mass is 19.3.